The molecular weight excluding hydrogens is 632 g/mol. The minimum Gasteiger partial charge on any atom is -0.367 e. The number of hydrogen-bond donors (Lipinski definition) is 0. The van der Waals surface area contributed by atoms with E-state index >= 15 is 0 Å². The van der Waals surface area contributed by atoms with Crippen molar-refractivity contribution in [2.45, 2.75) is 114 Å². The molecule has 4 bridgehead atoms. The normalized spacial score (nSPS) is 38.2. The Balaban J connectivity index is 0.000000135. The number of hydrogen-bond acceptors (Lipinski definition) is 8. The van der Waals surface area contributed by atoms with E-state index < -0.39 is 22.4 Å². The number of nitriles is 2. The largest absolute Gasteiger partial charge is 0.367 e. The van der Waals surface area contributed by atoms with Gasteiger partial charge in [-0.25, -0.2) is 9.80 Å². The number of anilines is 2. The Morgan fingerprint density at radius 3 is 1.14 bits per heavy atom. The minimum absolute atomic E-state index is 0.125. The molecule has 0 aromatic heterocycles. The van der Waals surface area contributed by atoms with Gasteiger partial charge in [0.25, 0.3) is 0 Å². The van der Waals surface area contributed by atoms with Crippen LogP contribution in [0.15, 0.2) is 24.3 Å². The van der Waals surface area contributed by atoms with Crippen LogP contribution in [0.3, 0.4) is 0 Å². The van der Waals surface area contributed by atoms with Crippen molar-refractivity contribution in [3.63, 3.8) is 0 Å². The summed E-state index contributed by atoms with van der Waals surface area (Å²) in [5.41, 5.74) is 4.62. The lowest BCUT2D eigenvalue weighted by Crippen LogP contribution is -2.40. The van der Waals surface area contributed by atoms with E-state index in [0.717, 1.165) is 86.5 Å². The van der Waals surface area contributed by atoms with Crippen LogP contribution in [0.4, 0.5) is 11.4 Å². The number of benzene rings is 2. The van der Waals surface area contributed by atoms with E-state index in [9.17, 15) is 29.7 Å². The van der Waals surface area contributed by atoms with Crippen molar-refractivity contribution in [2.75, 3.05) is 9.80 Å². The second-order valence-corrected chi connectivity index (χ2v) is 16.5. The zero-order valence-electron chi connectivity index (χ0n) is 28.9. The van der Waals surface area contributed by atoms with Gasteiger partial charge >= 0.3 is 0 Å². The first-order valence-electron chi connectivity index (χ1n) is 18.0. The van der Waals surface area contributed by atoms with E-state index in [-0.39, 0.29) is 47.3 Å². The fourth-order valence-electron chi connectivity index (χ4n) is 11.4. The molecule has 6 saturated heterocycles. The van der Waals surface area contributed by atoms with E-state index in [2.05, 4.69) is 12.1 Å². The first-order valence-corrected chi connectivity index (χ1v) is 18.0. The average molecular weight is 673 g/mol. The summed E-state index contributed by atoms with van der Waals surface area (Å²) in [6, 6.07) is 11.5. The molecule has 50 heavy (non-hydrogen) atoms. The Kier molecular flexibility index (Phi) is 6.39. The summed E-state index contributed by atoms with van der Waals surface area (Å²) in [5.74, 6) is -2.03. The molecule has 0 spiro atoms. The lowest BCUT2D eigenvalue weighted by atomic mass is 9.69. The highest BCUT2D eigenvalue weighted by atomic mass is 16.5. The Hall–Kier alpha value is -4.38. The van der Waals surface area contributed by atoms with Crippen LogP contribution in [0.5, 0.6) is 0 Å². The number of carbonyl (C=O) groups excluding carboxylic acids is 4. The summed E-state index contributed by atoms with van der Waals surface area (Å²) < 4.78 is 12.3. The Morgan fingerprint density at radius 2 is 0.840 bits per heavy atom. The van der Waals surface area contributed by atoms with Crippen LogP contribution in [-0.4, -0.2) is 46.0 Å². The Bertz CT molecular complexity index is 1850. The standard InChI is InChI=1S/2C20H20N2O3/c2*1-19-8-9-20(2,25-19)16-15(19)17(23)22(18(16)24)14-7-6-11(10-21)12-4-3-5-13(12)14/h2*6-7,15-16H,3-5,8-9H2,1-2H3/t2*15-,16+,19-,20+. The summed E-state index contributed by atoms with van der Waals surface area (Å²) in [5, 5.41) is 18.6. The first-order chi connectivity index (χ1) is 23.8. The molecule has 8 atom stereocenters. The zero-order valence-corrected chi connectivity index (χ0v) is 28.9. The van der Waals surface area contributed by atoms with Gasteiger partial charge in [-0.1, -0.05) is 0 Å². The molecule has 10 nitrogen and oxygen atoms in total. The van der Waals surface area contributed by atoms with E-state index in [1.165, 1.54) is 9.80 Å². The second-order valence-electron chi connectivity index (χ2n) is 16.5. The van der Waals surface area contributed by atoms with Crippen LogP contribution >= 0.6 is 0 Å². The first kappa shape index (κ1) is 31.6. The molecule has 2 aromatic rings. The Morgan fingerprint density at radius 1 is 0.540 bits per heavy atom. The third-order valence-electron chi connectivity index (χ3n) is 13.7. The summed E-state index contributed by atoms with van der Waals surface area (Å²) in [6.07, 6.45) is 8.53. The van der Waals surface area contributed by atoms with Crippen molar-refractivity contribution in [1.82, 2.24) is 0 Å². The highest BCUT2D eigenvalue weighted by Crippen LogP contribution is 2.62. The van der Waals surface area contributed by atoms with E-state index in [4.69, 9.17) is 9.47 Å². The van der Waals surface area contributed by atoms with Crippen molar-refractivity contribution in [2.24, 2.45) is 23.7 Å². The molecule has 0 saturated carbocycles. The fraction of sp³-hybridized carbons (Fsp3) is 0.550. The van der Waals surface area contributed by atoms with E-state index in [0.29, 0.717) is 22.5 Å². The molecule has 6 fully saturated rings. The number of ether oxygens (including phenoxy) is 2. The third kappa shape index (κ3) is 3.84. The molecule has 0 unspecified atom stereocenters. The van der Waals surface area contributed by atoms with Crippen molar-refractivity contribution < 1.29 is 28.7 Å². The van der Waals surface area contributed by atoms with Gasteiger partial charge in [0.1, 0.15) is 0 Å². The molecule has 2 aliphatic carbocycles. The van der Waals surface area contributed by atoms with Gasteiger partial charge in [-0.3, -0.25) is 19.2 Å². The topological polar surface area (TPSA) is 141 Å². The smallest absolute Gasteiger partial charge is 0.240 e. The van der Waals surface area contributed by atoms with Crippen LogP contribution in [0.1, 0.15) is 99.6 Å². The summed E-state index contributed by atoms with van der Waals surface area (Å²) in [6.45, 7) is 7.89. The van der Waals surface area contributed by atoms with Crippen molar-refractivity contribution in [3.05, 3.63) is 57.6 Å². The van der Waals surface area contributed by atoms with Gasteiger partial charge in [-0.05, 0) is 138 Å². The van der Waals surface area contributed by atoms with Gasteiger partial charge in [0.2, 0.25) is 23.6 Å². The van der Waals surface area contributed by atoms with Crippen LogP contribution < -0.4 is 9.80 Å². The van der Waals surface area contributed by atoms with Gasteiger partial charge in [-0.15, -0.1) is 0 Å². The number of rotatable bonds is 2. The predicted octanol–water partition coefficient (Wildman–Crippen LogP) is 4.99. The SMILES string of the molecule is C[C@]12CC[C@](C)(O1)[C@@H]1C(=O)N(c3ccc(C#N)c4c3CCC4)C(=O)[C@@H]12.C[C@]12CC[C@](C)(O1)[C@@H]1C(=O)N(c3ccc(C#N)c4c3CCC4)C(=O)[C@@H]12. The maximum Gasteiger partial charge on any atom is 0.240 e. The van der Waals surface area contributed by atoms with Gasteiger partial charge in [0.05, 0.1) is 80.7 Å². The predicted molar refractivity (Wildman–Crippen MR) is 180 cm³/mol. The third-order valence-corrected chi connectivity index (χ3v) is 13.7. The Labute approximate surface area is 291 Å². The monoisotopic (exact) mass is 672 g/mol. The molecule has 6 aliphatic heterocycles. The molecule has 256 valence electrons. The van der Waals surface area contributed by atoms with Gasteiger partial charge in [-0.2, -0.15) is 10.5 Å². The molecule has 0 N–H and O–H groups in total. The van der Waals surface area contributed by atoms with Crippen molar-refractivity contribution in [3.8, 4) is 12.1 Å². The van der Waals surface area contributed by atoms with Crippen molar-refractivity contribution in [1.29, 1.82) is 10.5 Å². The summed E-state index contributed by atoms with van der Waals surface area (Å²) in [4.78, 5) is 55.8. The summed E-state index contributed by atoms with van der Waals surface area (Å²) >= 11 is 0. The molecule has 10 rings (SSSR count). The van der Waals surface area contributed by atoms with E-state index in [1.54, 1.807) is 24.3 Å². The van der Waals surface area contributed by atoms with Crippen molar-refractivity contribution >= 4 is 35.0 Å². The highest BCUT2D eigenvalue weighted by Gasteiger charge is 2.74. The molecule has 2 aromatic carbocycles. The van der Waals surface area contributed by atoms with Crippen LogP contribution in [-0.2, 0) is 54.3 Å². The van der Waals surface area contributed by atoms with E-state index in [1.807, 2.05) is 27.7 Å². The lowest BCUT2D eigenvalue weighted by molar-refractivity contribution is -0.131. The maximum atomic E-state index is 13.2. The number of carbonyl (C=O) groups is 4. The quantitative estimate of drug-likeness (QED) is 0.407. The second kappa shape index (κ2) is 10.1. The van der Waals surface area contributed by atoms with Crippen LogP contribution in [0, 0.1) is 46.3 Å². The molecule has 8 aliphatic rings. The maximum absolute atomic E-state index is 13.2. The molecular formula is C40H40N4O6. The zero-order chi connectivity index (χ0) is 35.1. The van der Waals surface area contributed by atoms with Crippen LogP contribution in [0.2, 0.25) is 0 Å². The highest BCUT2D eigenvalue weighted by molar-refractivity contribution is 6.24. The molecule has 10 heteroatoms. The number of imide groups is 2. The molecule has 4 amide bonds. The number of nitrogens with zero attached hydrogens (tertiary/aromatic N) is 4. The van der Waals surface area contributed by atoms with Gasteiger partial charge < -0.3 is 9.47 Å². The summed E-state index contributed by atoms with van der Waals surface area (Å²) in [7, 11) is 0. The van der Waals surface area contributed by atoms with Gasteiger partial charge in [0.15, 0.2) is 0 Å². The fourth-order valence-corrected chi connectivity index (χ4v) is 11.4. The average Bonchev–Trinajstić information content (AvgIpc) is 3.94. The number of fused-ring (bicyclic) bond motifs is 12. The van der Waals surface area contributed by atoms with Crippen LogP contribution in [0.25, 0.3) is 0 Å². The number of amides is 4. The molecule has 6 heterocycles. The lowest BCUT2D eigenvalue weighted by Gasteiger charge is -2.27. The minimum atomic E-state index is -0.531. The molecule has 0 radical (unpaired) electrons. The van der Waals surface area contributed by atoms with Gasteiger partial charge in [0, 0.05) is 0 Å².